The van der Waals surface area contributed by atoms with Crippen LogP contribution in [0.4, 0.5) is 4.39 Å². The number of thioether (sulfide) groups is 1. The van der Waals surface area contributed by atoms with Gasteiger partial charge in [0, 0.05) is 25.1 Å². The van der Waals surface area contributed by atoms with Gasteiger partial charge in [0.05, 0.1) is 5.25 Å². The molecule has 0 fully saturated rings. The quantitative estimate of drug-likeness (QED) is 0.557. The van der Waals surface area contributed by atoms with Gasteiger partial charge in [-0.05, 0) is 43.2 Å². The lowest BCUT2D eigenvalue weighted by Crippen LogP contribution is -2.34. The van der Waals surface area contributed by atoms with Crippen LogP contribution < -0.4 is 5.32 Å². The number of hydrogen-bond donors (Lipinski definition) is 1. The molecule has 3 aromatic rings. The van der Waals surface area contributed by atoms with E-state index in [0.29, 0.717) is 17.5 Å². The van der Waals surface area contributed by atoms with Crippen LogP contribution in [0.2, 0.25) is 0 Å². The summed E-state index contributed by atoms with van der Waals surface area (Å²) in [7, 11) is 1.84. The standard InChI is InChI=1S/C22H25FN4OS/c1-4-16(17-8-6-5-7-9-17)14-24-21(28)15(2)29-22-26-25-20(27(22)3)18-10-12-19(23)13-11-18/h5-13,15-16H,4,14H2,1-3H3,(H,24,28)/t15-,16+/m1/s1. The first-order valence-electron chi connectivity index (χ1n) is 9.64. The zero-order valence-corrected chi connectivity index (χ0v) is 17.6. The number of amides is 1. The van der Waals surface area contributed by atoms with Crippen LogP contribution in [0.5, 0.6) is 0 Å². The fourth-order valence-corrected chi connectivity index (χ4v) is 3.91. The zero-order valence-electron chi connectivity index (χ0n) is 16.8. The summed E-state index contributed by atoms with van der Waals surface area (Å²) in [6, 6.07) is 16.3. The molecule has 1 aromatic heterocycles. The lowest BCUT2D eigenvalue weighted by molar-refractivity contribution is -0.120. The maximum Gasteiger partial charge on any atom is 0.233 e. The molecule has 0 bridgehead atoms. The van der Waals surface area contributed by atoms with Crippen molar-refractivity contribution in [3.8, 4) is 11.4 Å². The fourth-order valence-electron chi connectivity index (χ4n) is 3.07. The van der Waals surface area contributed by atoms with E-state index >= 15 is 0 Å². The van der Waals surface area contributed by atoms with E-state index in [2.05, 4.69) is 34.6 Å². The Bertz CT molecular complexity index is 943. The lowest BCUT2D eigenvalue weighted by Gasteiger charge is -2.18. The minimum Gasteiger partial charge on any atom is -0.355 e. The third-order valence-electron chi connectivity index (χ3n) is 4.88. The van der Waals surface area contributed by atoms with Crippen LogP contribution >= 0.6 is 11.8 Å². The Balaban J connectivity index is 1.60. The van der Waals surface area contributed by atoms with Gasteiger partial charge in [-0.1, -0.05) is 49.0 Å². The van der Waals surface area contributed by atoms with E-state index in [1.807, 2.05) is 36.7 Å². The van der Waals surface area contributed by atoms with Crippen molar-refractivity contribution in [3.63, 3.8) is 0 Å². The summed E-state index contributed by atoms with van der Waals surface area (Å²) in [5.41, 5.74) is 2.01. The minimum atomic E-state index is -0.313. The summed E-state index contributed by atoms with van der Waals surface area (Å²) < 4.78 is 15.0. The smallest absolute Gasteiger partial charge is 0.233 e. The first-order chi connectivity index (χ1) is 14.0. The van der Waals surface area contributed by atoms with Crippen LogP contribution in [-0.2, 0) is 11.8 Å². The van der Waals surface area contributed by atoms with Gasteiger partial charge in [0.15, 0.2) is 11.0 Å². The number of rotatable bonds is 8. The Labute approximate surface area is 174 Å². The average Bonchev–Trinajstić information content (AvgIpc) is 3.10. The molecule has 0 aliphatic rings. The van der Waals surface area contributed by atoms with Crippen LogP contribution in [0.1, 0.15) is 31.7 Å². The van der Waals surface area contributed by atoms with Crippen molar-refractivity contribution in [3.05, 3.63) is 66.0 Å². The van der Waals surface area contributed by atoms with Gasteiger partial charge in [-0.3, -0.25) is 4.79 Å². The summed E-state index contributed by atoms with van der Waals surface area (Å²) >= 11 is 1.36. The molecule has 0 saturated heterocycles. The molecule has 0 radical (unpaired) electrons. The molecule has 3 rings (SSSR count). The number of hydrogen-bond acceptors (Lipinski definition) is 4. The van der Waals surface area contributed by atoms with Gasteiger partial charge >= 0.3 is 0 Å². The average molecular weight is 413 g/mol. The van der Waals surface area contributed by atoms with Crippen LogP contribution in [0.15, 0.2) is 59.8 Å². The van der Waals surface area contributed by atoms with Crippen molar-refractivity contribution in [1.29, 1.82) is 0 Å². The van der Waals surface area contributed by atoms with Crippen molar-refractivity contribution >= 4 is 17.7 Å². The Morgan fingerprint density at radius 3 is 2.48 bits per heavy atom. The topological polar surface area (TPSA) is 59.8 Å². The molecule has 2 atom stereocenters. The Kier molecular flexibility index (Phi) is 7.04. The van der Waals surface area contributed by atoms with Crippen molar-refractivity contribution in [2.24, 2.45) is 7.05 Å². The van der Waals surface area contributed by atoms with Gasteiger partial charge in [0.1, 0.15) is 5.82 Å². The van der Waals surface area contributed by atoms with Gasteiger partial charge in [-0.2, -0.15) is 0 Å². The highest BCUT2D eigenvalue weighted by Crippen LogP contribution is 2.26. The maximum absolute atomic E-state index is 13.1. The molecule has 0 saturated carbocycles. The number of aromatic nitrogens is 3. The molecule has 0 unspecified atom stereocenters. The zero-order chi connectivity index (χ0) is 20.8. The summed E-state index contributed by atoms with van der Waals surface area (Å²) in [4.78, 5) is 12.6. The molecule has 1 heterocycles. The van der Waals surface area contributed by atoms with E-state index in [0.717, 1.165) is 12.0 Å². The highest BCUT2D eigenvalue weighted by Gasteiger charge is 2.20. The molecule has 2 aromatic carbocycles. The van der Waals surface area contributed by atoms with Gasteiger partial charge in [-0.15, -0.1) is 10.2 Å². The van der Waals surface area contributed by atoms with Crippen LogP contribution in [0, 0.1) is 5.82 Å². The van der Waals surface area contributed by atoms with Gasteiger partial charge in [0.2, 0.25) is 5.91 Å². The number of carbonyl (C=O) groups excluding carboxylic acids is 1. The van der Waals surface area contributed by atoms with Crippen LogP contribution in [0.25, 0.3) is 11.4 Å². The molecular formula is C22H25FN4OS. The normalized spacial score (nSPS) is 13.1. The molecule has 1 amide bonds. The second-order valence-electron chi connectivity index (χ2n) is 6.89. The van der Waals surface area contributed by atoms with Gasteiger partial charge in [0.25, 0.3) is 0 Å². The maximum atomic E-state index is 13.1. The van der Waals surface area contributed by atoms with Crippen molar-refractivity contribution < 1.29 is 9.18 Å². The number of carbonyl (C=O) groups is 1. The predicted octanol–water partition coefficient (Wildman–Crippen LogP) is 4.41. The molecule has 0 aliphatic heterocycles. The lowest BCUT2D eigenvalue weighted by atomic mass is 9.96. The number of halogens is 1. The first-order valence-corrected chi connectivity index (χ1v) is 10.5. The second-order valence-corrected chi connectivity index (χ2v) is 8.20. The fraction of sp³-hybridized carbons (Fsp3) is 0.318. The molecule has 5 nitrogen and oxygen atoms in total. The first kappa shape index (κ1) is 21.0. The SMILES string of the molecule is CC[C@@H](CNC(=O)[C@@H](C)Sc1nnc(-c2ccc(F)cc2)n1C)c1ccccc1. The molecule has 29 heavy (non-hydrogen) atoms. The molecule has 1 N–H and O–H groups in total. The molecule has 0 spiro atoms. The van der Waals surface area contributed by atoms with E-state index in [4.69, 9.17) is 0 Å². The van der Waals surface area contributed by atoms with Crippen LogP contribution in [0.3, 0.4) is 0 Å². The summed E-state index contributed by atoms with van der Waals surface area (Å²) in [6.07, 6.45) is 0.954. The third kappa shape index (κ3) is 5.23. The van der Waals surface area contributed by atoms with Crippen molar-refractivity contribution in [2.75, 3.05) is 6.54 Å². The van der Waals surface area contributed by atoms with E-state index in [9.17, 15) is 9.18 Å². The number of nitrogens with one attached hydrogen (secondary N) is 1. The van der Waals surface area contributed by atoms with E-state index in [-0.39, 0.29) is 22.9 Å². The molecule has 152 valence electrons. The third-order valence-corrected chi connectivity index (χ3v) is 6.01. The van der Waals surface area contributed by atoms with Gasteiger partial charge in [-0.25, -0.2) is 4.39 Å². The highest BCUT2D eigenvalue weighted by atomic mass is 32.2. The van der Waals surface area contributed by atoms with Gasteiger partial charge < -0.3 is 9.88 Å². The summed E-state index contributed by atoms with van der Waals surface area (Å²) in [5, 5.41) is 11.8. The number of benzene rings is 2. The minimum absolute atomic E-state index is 0.0317. The van der Waals surface area contributed by atoms with Crippen molar-refractivity contribution in [2.45, 2.75) is 36.6 Å². The highest BCUT2D eigenvalue weighted by molar-refractivity contribution is 8.00. The van der Waals surface area contributed by atoms with Crippen LogP contribution in [-0.4, -0.2) is 32.5 Å². The Hall–Kier alpha value is -2.67. The molecular weight excluding hydrogens is 387 g/mol. The van der Waals surface area contributed by atoms with E-state index < -0.39 is 0 Å². The second kappa shape index (κ2) is 9.69. The van der Waals surface area contributed by atoms with E-state index in [1.54, 1.807) is 12.1 Å². The van der Waals surface area contributed by atoms with E-state index in [1.165, 1.54) is 29.5 Å². The Morgan fingerprint density at radius 1 is 1.14 bits per heavy atom. The monoisotopic (exact) mass is 412 g/mol. The number of nitrogens with zero attached hydrogens (tertiary/aromatic N) is 3. The summed E-state index contributed by atoms with van der Waals surface area (Å²) in [5.74, 6) is 0.597. The largest absolute Gasteiger partial charge is 0.355 e. The van der Waals surface area contributed by atoms with Crippen molar-refractivity contribution in [1.82, 2.24) is 20.1 Å². The molecule has 7 heteroatoms. The molecule has 0 aliphatic carbocycles. The summed E-state index contributed by atoms with van der Waals surface area (Å²) in [6.45, 7) is 4.58. The predicted molar refractivity (Wildman–Crippen MR) is 114 cm³/mol. The Morgan fingerprint density at radius 2 is 1.83 bits per heavy atom.